The third-order valence-electron chi connectivity index (χ3n) is 15.9. The first kappa shape index (κ1) is 56.6. The molecule has 16 nitrogen and oxygen atoms in total. The van der Waals surface area contributed by atoms with Crippen LogP contribution in [0.2, 0.25) is 0 Å². The van der Waals surface area contributed by atoms with E-state index >= 15 is 0 Å². The van der Waals surface area contributed by atoms with Gasteiger partial charge in [0.1, 0.15) is 81.9 Å². The number of fused-ring (bicyclic) bond motifs is 4. The van der Waals surface area contributed by atoms with E-state index in [0.29, 0.717) is 31.1 Å². The van der Waals surface area contributed by atoms with E-state index in [1.165, 1.54) is 21.6 Å². The zero-order valence-corrected chi connectivity index (χ0v) is 49.3. The zero-order valence-electron chi connectivity index (χ0n) is 46.8. The molecule has 0 radical (unpaired) electrons. The Kier molecular flexibility index (Phi) is 17.5. The van der Waals surface area contributed by atoms with Crippen LogP contribution >= 0.6 is 34.0 Å². The molecule has 0 spiro atoms. The minimum Gasteiger partial charge on any atom is -0.491 e. The second-order valence-electron chi connectivity index (χ2n) is 21.9. The summed E-state index contributed by atoms with van der Waals surface area (Å²) in [6.07, 6.45) is 14.5. The number of aromatic nitrogens is 4. The van der Waals surface area contributed by atoms with Gasteiger partial charge in [0.2, 0.25) is 0 Å². The Bertz CT molecular complexity index is 4020. The number of nitrogens with zero attached hydrogens (tertiary/aromatic N) is 7. The summed E-state index contributed by atoms with van der Waals surface area (Å²) < 4.78 is 35.6. The van der Waals surface area contributed by atoms with Crippen LogP contribution in [0.4, 0.5) is 0 Å². The molecule has 436 valence electrons. The van der Waals surface area contributed by atoms with E-state index in [9.17, 15) is 15.3 Å². The van der Waals surface area contributed by atoms with E-state index in [1.807, 2.05) is 119 Å². The Labute approximate surface area is 503 Å². The van der Waals surface area contributed by atoms with Gasteiger partial charge >= 0.3 is 0 Å². The fourth-order valence-corrected chi connectivity index (χ4v) is 14.1. The molecule has 7 aromatic heterocycles. The van der Waals surface area contributed by atoms with Crippen molar-refractivity contribution in [3.63, 3.8) is 0 Å². The van der Waals surface area contributed by atoms with Crippen molar-refractivity contribution in [1.82, 2.24) is 35.2 Å². The monoisotopic (exact) mass is 1200 g/mol. The molecule has 3 aromatic carbocycles. The highest BCUT2D eigenvalue weighted by molar-refractivity contribution is 7.18. The van der Waals surface area contributed by atoms with E-state index in [0.717, 1.165) is 143 Å². The second kappa shape index (κ2) is 26.4. The minimum atomic E-state index is -0.539. The Balaban J connectivity index is 0.000000119. The Morgan fingerprint density at radius 1 is 0.506 bits per heavy atom. The van der Waals surface area contributed by atoms with Crippen LogP contribution in [-0.2, 0) is 13.0 Å². The highest BCUT2D eigenvalue weighted by atomic mass is 32.1. The Hall–Kier alpha value is -7.56. The van der Waals surface area contributed by atoms with Gasteiger partial charge < -0.3 is 43.1 Å². The van der Waals surface area contributed by atoms with Gasteiger partial charge in [-0.1, -0.05) is 75.2 Å². The van der Waals surface area contributed by atoms with Gasteiger partial charge in [-0.05, 0) is 144 Å². The van der Waals surface area contributed by atoms with Crippen molar-refractivity contribution in [2.75, 3.05) is 72.2 Å². The summed E-state index contributed by atoms with van der Waals surface area (Å²) >= 11 is 5.07. The number of rotatable bonds is 18. The van der Waals surface area contributed by atoms with Crippen LogP contribution in [-0.4, -0.2) is 141 Å². The summed E-state index contributed by atoms with van der Waals surface area (Å²) in [4.78, 5) is 12.6. The lowest BCUT2D eigenvalue weighted by molar-refractivity contribution is 0.0640. The maximum atomic E-state index is 10.5. The van der Waals surface area contributed by atoms with Crippen molar-refractivity contribution < 1.29 is 43.1 Å². The normalized spacial score (nSPS) is 17.1. The predicted octanol–water partition coefficient (Wildman–Crippen LogP) is 12.3. The molecule has 15 rings (SSSR count). The Morgan fingerprint density at radius 3 is 1.65 bits per heavy atom. The largest absolute Gasteiger partial charge is 0.491 e. The number of allylic oxidation sites excluding steroid dienone is 2. The first-order valence-electron chi connectivity index (χ1n) is 28.9. The molecule has 3 aliphatic heterocycles. The zero-order chi connectivity index (χ0) is 57.5. The number of ether oxygens (including phenoxy) is 3. The number of hydrogen-bond acceptors (Lipinski definition) is 19. The molecule has 0 saturated heterocycles. The summed E-state index contributed by atoms with van der Waals surface area (Å²) in [5, 5.41) is 50.8. The third kappa shape index (κ3) is 13.6. The van der Waals surface area contributed by atoms with Crippen LogP contribution in [0, 0.1) is 0 Å². The highest BCUT2D eigenvalue weighted by Crippen LogP contribution is 2.36. The van der Waals surface area contributed by atoms with E-state index in [4.69, 9.17) is 27.8 Å². The van der Waals surface area contributed by atoms with Crippen molar-refractivity contribution >= 4 is 65.7 Å². The van der Waals surface area contributed by atoms with Crippen molar-refractivity contribution in [3.05, 3.63) is 183 Å². The molecule has 3 atom stereocenters. The molecule has 85 heavy (non-hydrogen) atoms. The molecule has 19 heteroatoms. The summed E-state index contributed by atoms with van der Waals surface area (Å²) in [6.45, 7) is 8.45. The smallest absolute Gasteiger partial charge is 0.258 e. The van der Waals surface area contributed by atoms with Crippen LogP contribution in [0.5, 0.6) is 17.2 Å². The number of thiophene rings is 3. The van der Waals surface area contributed by atoms with Gasteiger partial charge in [0.05, 0.1) is 5.39 Å². The van der Waals surface area contributed by atoms with Crippen LogP contribution in [0.25, 0.3) is 65.4 Å². The maximum Gasteiger partial charge on any atom is 0.258 e. The third-order valence-corrected chi connectivity index (χ3v) is 18.7. The Morgan fingerprint density at radius 2 is 1.04 bits per heavy atom. The molecular formula is C66H65N7O9S3. The molecule has 3 N–H and O–H groups in total. The SMILES string of the molecule is O[C@@H](COc1ccc(-c2noc3ccsc23)cc1)CN1CCC2=C(C=CC2)C1.O[C@@H](COc1cccc(-c2noc3ccsc23)c1)CN1CCc2sccc2C1.O[C@@H](COc1cccc(-c2noc3ncccc23)c1)CN1CCC2=C(C=CC2)C1. The molecule has 0 amide bonds. The standard InChI is InChI=1S/C23H23N3O3.C22H22N2O3S.C21H20N2O3S2/c27-19(14-26-11-9-16-4-1-6-18(16)13-26)15-28-20-7-2-5-17(12-20)22-21-8-3-10-24-23(21)29-25-22;25-18(13-24-10-8-15-2-1-3-17(15)12-24)14-26-19-6-4-16(5-7-19)21-22-20(27-23-21)9-11-28-22;24-16(12-23-7-4-19-15(11-23)5-8-27-19)13-25-17-3-1-2-14(10-17)20-21-18(26-22-20)6-9-28-21/h1-3,5-8,10,12,19,27H,4,9,11,13-15H2;1,3-7,9,11,18,25H,2,8,10,12-14H2;1-3,5-6,8-10,16,24H,4,7,11-13H2/t19-;18-;16-/m111/s1. The molecule has 0 fully saturated rings. The van der Waals surface area contributed by atoms with E-state index < -0.39 is 18.3 Å². The summed E-state index contributed by atoms with van der Waals surface area (Å²) in [6, 6.07) is 33.1. The predicted molar refractivity (Wildman–Crippen MR) is 333 cm³/mol. The van der Waals surface area contributed by atoms with Gasteiger partial charge in [0, 0.05) is 86.7 Å². The van der Waals surface area contributed by atoms with E-state index in [1.54, 1.807) is 40.0 Å². The summed E-state index contributed by atoms with van der Waals surface area (Å²) in [5.74, 6) is 2.17. The van der Waals surface area contributed by atoms with Crippen molar-refractivity contribution in [3.8, 4) is 51.0 Å². The van der Waals surface area contributed by atoms with E-state index in [2.05, 4.69) is 70.9 Å². The lowest BCUT2D eigenvalue weighted by Crippen LogP contribution is -2.39. The average Bonchev–Trinajstić information content (AvgIpc) is 4.60. The van der Waals surface area contributed by atoms with Crippen LogP contribution in [0.15, 0.2) is 186 Å². The maximum absolute atomic E-state index is 10.5. The summed E-state index contributed by atoms with van der Waals surface area (Å²) in [5.41, 5.74) is 14.8. The van der Waals surface area contributed by atoms with Crippen molar-refractivity contribution in [2.24, 2.45) is 0 Å². The highest BCUT2D eigenvalue weighted by Gasteiger charge is 2.25. The van der Waals surface area contributed by atoms with Crippen LogP contribution in [0.1, 0.15) is 36.1 Å². The number of aliphatic hydroxyl groups excluding tert-OH is 3. The fraction of sp³-hybridized carbons (Fsp3) is 0.303. The minimum absolute atomic E-state index is 0.253. The lowest BCUT2D eigenvalue weighted by Gasteiger charge is -2.29. The first-order chi connectivity index (χ1) is 41.8. The van der Waals surface area contributed by atoms with E-state index in [-0.39, 0.29) is 19.8 Å². The quantitative estimate of drug-likeness (QED) is 0.0735. The molecular weight excluding hydrogens is 1130 g/mol. The second-order valence-corrected chi connectivity index (χ2v) is 24.8. The first-order valence-corrected chi connectivity index (χ1v) is 31.5. The number of pyridine rings is 1. The number of hydrogen-bond donors (Lipinski definition) is 3. The van der Waals surface area contributed by atoms with Crippen molar-refractivity contribution in [1.29, 1.82) is 0 Å². The molecule has 2 aliphatic carbocycles. The molecule has 0 unspecified atom stereocenters. The molecule has 10 heterocycles. The lowest BCUT2D eigenvalue weighted by atomic mass is 10.0. The summed E-state index contributed by atoms with van der Waals surface area (Å²) in [7, 11) is 0. The topological polar surface area (TPSA) is 189 Å². The molecule has 5 aliphatic rings. The van der Waals surface area contributed by atoms with Gasteiger partial charge in [0.15, 0.2) is 11.2 Å². The van der Waals surface area contributed by atoms with Gasteiger partial charge in [-0.25, -0.2) is 4.98 Å². The number of benzene rings is 3. The average molecular weight is 1200 g/mol. The molecule has 0 bridgehead atoms. The fourth-order valence-electron chi connectivity index (χ4n) is 11.6. The number of aliphatic hydroxyl groups is 3. The van der Waals surface area contributed by atoms with Gasteiger partial charge in [-0.3, -0.25) is 14.7 Å². The van der Waals surface area contributed by atoms with Gasteiger partial charge in [-0.15, -0.1) is 34.0 Å². The van der Waals surface area contributed by atoms with Crippen LogP contribution < -0.4 is 14.2 Å². The van der Waals surface area contributed by atoms with Crippen molar-refractivity contribution in [2.45, 2.75) is 57.0 Å². The van der Waals surface area contributed by atoms with Crippen LogP contribution in [0.3, 0.4) is 0 Å². The van der Waals surface area contributed by atoms with Gasteiger partial charge in [0.25, 0.3) is 5.71 Å². The van der Waals surface area contributed by atoms with Gasteiger partial charge in [-0.2, -0.15) is 0 Å². The molecule has 0 saturated carbocycles. The number of β-amino-alcohol motifs (C(OH)–C–C–N with tert-alkyl or cyclic N) is 3. The molecule has 10 aromatic rings.